The molecule has 0 unspecified atom stereocenters. The summed E-state index contributed by atoms with van der Waals surface area (Å²) < 4.78 is 2.83. The highest BCUT2D eigenvalue weighted by molar-refractivity contribution is 9.10. The van der Waals surface area contributed by atoms with Gasteiger partial charge in [0.25, 0.3) is 0 Å². The first-order valence-electron chi connectivity index (χ1n) is 5.95. The van der Waals surface area contributed by atoms with Crippen LogP contribution in [0.4, 0.5) is 0 Å². The van der Waals surface area contributed by atoms with Crippen molar-refractivity contribution in [1.82, 2.24) is 9.78 Å². The van der Waals surface area contributed by atoms with E-state index in [-0.39, 0.29) is 13.2 Å². The Balaban J connectivity index is 3.05. The van der Waals surface area contributed by atoms with Crippen molar-refractivity contribution in [3.8, 4) is 0 Å². The summed E-state index contributed by atoms with van der Waals surface area (Å²) in [5, 5.41) is 23.4. The van der Waals surface area contributed by atoms with Crippen LogP contribution in [0, 0.1) is 5.41 Å². The fourth-order valence-corrected chi connectivity index (χ4v) is 2.63. The van der Waals surface area contributed by atoms with Crippen LogP contribution in [0.2, 0.25) is 0 Å². The molecule has 4 nitrogen and oxygen atoms in total. The zero-order valence-electron chi connectivity index (χ0n) is 10.7. The van der Waals surface area contributed by atoms with E-state index in [1.54, 1.807) is 0 Å². The lowest BCUT2D eigenvalue weighted by Gasteiger charge is -2.28. The second kappa shape index (κ2) is 5.98. The smallest absolute Gasteiger partial charge is 0.0766 e. The third kappa shape index (κ3) is 2.89. The quantitative estimate of drug-likeness (QED) is 0.840. The molecular weight excluding hydrogens is 284 g/mol. The highest BCUT2D eigenvalue weighted by Gasteiger charge is 2.30. The van der Waals surface area contributed by atoms with Crippen molar-refractivity contribution in [3.63, 3.8) is 0 Å². The number of hydrogen-bond donors (Lipinski definition) is 2. The predicted molar refractivity (Wildman–Crippen MR) is 70.9 cm³/mol. The van der Waals surface area contributed by atoms with E-state index in [1.807, 2.05) is 18.7 Å². The third-order valence-corrected chi connectivity index (χ3v) is 4.38. The number of nitrogens with zero attached hydrogens (tertiary/aromatic N) is 2. The van der Waals surface area contributed by atoms with E-state index in [0.29, 0.717) is 6.42 Å². The van der Waals surface area contributed by atoms with Gasteiger partial charge in [-0.3, -0.25) is 4.68 Å². The molecule has 1 aromatic heterocycles. The lowest BCUT2D eigenvalue weighted by Crippen LogP contribution is -2.32. The highest BCUT2D eigenvalue weighted by atomic mass is 79.9. The van der Waals surface area contributed by atoms with E-state index in [1.165, 1.54) is 0 Å². The Morgan fingerprint density at radius 1 is 1.29 bits per heavy atom. The Morgan fingerprint density at radius 2 is 1.88 bits per heavy atom. The molecule has 1 heterocycles. The minimum Gasteiger partial charge on any atom is -0.396 e. The maximum atomic E-state index is 9.48. The Labute approximate surface area is 111 Å². The Hall–Kier alpha value is -0.390. The van der Waals surface area contributed by atoms with E-state index in [0.717, 1.165) is 28.7 Å². The summed E-state index contributed by atoms with van der Waals surface area (Å²) in [5.41, 5.74) is 1.59. The molecule has 5 heteroatoms. The number of hydrogen-bond acceptors (Lipinski definition) is 3. The van der Waals surface area contributed by atoms with E-state index in [9.17, 15) is 10.2 Å². The van der Waals surface area contributed by atoms with Crippen LogP contribution in [-0.2, 0) is 19.9 Å². The largest absolute Gasteiger partial charge is 0.396 e. The van der Waals surface area contributed by atoms with Gasteiger partial charge in [-0.05, 0) is 28.8 Å². The van der Waals surface area contributed by atoms with Crippen molar-refractivity contribution >= 4 is 15.9 Å². The van der Waals surface area contributed by atoms with Gasteiger partial charge in [-0.15, -0.1) is 0 Å². The van der Waals surface area contributed by atoms with Crippen LogP contribution < -0.4 is 0 Å². The summed E-state index contributed by atoms with van der Waals surface area (Å²) in [6.07, 6.45) is 2.23. The fourth-order valence-electron chi connectivity index (χ4n) is 1.88. The maximum absolute atomic E-state index is 9.48. The molecule has 0 saturated carbocycles. The van der Waals surface area contributed by atoms with E-state index in [2.05, 4.69) is 28.0 Å². The van der Waals surface area contributed by atoms with Crippen LogP contribution in [0.1, 0.15) is 31.7 Å². The molecule has 0 atom stereocenters. The van der Waals surface area contributed by atoms with Gasteiger partial charge in [-0.2, -0.15) is 5.10 Å². The first-order chi connectivity index (χ1) is 8.03. The Kier molecular flexibility index (Phi) is 5.16. The highest BCUT2D eigenvalue weighted by Crippen LogP contribution is 2.31. The van der Waals surface area contributed by atoms with Gasteiger partial charge in [-0.1, -0.05) is 13.8 Å². The molecule has 0 spiro atoms. The molecule has 0 saturated heterocycles. The zero-order chi connectivity index (χ0) is 13.1. The van der Waals surface area contributed by atoms with Gasteiger partial charge in [0.1, 0.15) is 0 Å². The summed E-state index contributed by atoms with van der Waals surface area (Å²) in [6, 6.07) is 0. The Bertz CT molecular complexity index is 365. The molecular formula is C12H21BrN2O2. The first kappa shape index (κ1) is 14.7. The molecule has 0 radical (unpaired) electrons. The summed E-state index contributed by atoms with van der Waals surface area (Å²) in [5.74, 6) is 0. The van der Waals surface area contributed by atoms with Crippen molar-refractivity contribution in [1.29, 1.82) is 0 Å². The molecule has 0 fully saturated rings. The van der Waals surface area contributed by atoms with Crippen LogP contribution in [-0.4, -0.2) is 33.2 Å². The van der Waals surface area contributed by atoms with Crippen LogP contribution >= 0.6 is 15.9 Å². The number of aryl methyl sites for hydroxylation is 2. The fraction of sp³-hybridized carbons (Fsp3) is 0.750. The third-order valence-electron chi connectivity index (χ3n) is 3.47. The molecule has 98 valence electrons. The van der Waals surface area contributed by atoms with Crippen molar-refractivity contribution < 1.29 is 10.2 Å². The van der Waals surface area contributed by atoms with E-state index in [4.69, 9.17) is 0 Å². The first-order valence-corrected chi connectivity index (χ1v) is 6.74. The SMILES string of the molecule is CCc1nn(C)c(CC(CC)(CO)CO)c1Br. The monoisotopic (exact) mass is 304 g/mol. The maximum Gasteiger partial charge on any atom is 0.0766 e. The van der Waals surface area contributed by atoms with Gasteiger partial charge in [0.15, 0.2) is 0 Å². The number of rotatable bonds is 6. The van der Waals surface area contributed by atoms with Crippen LogP contribution in [0.5, 0.6) is 0 Å². The molecule has 2 N–H and O–H groups in total. The molecule has 1 aromatic rings. The topological polar surface area (TPSA) is 58.3 Å². The van der Waals surface area contributed by atoms with Crippen molar-refractivity contribution in [3.05, 3.63) is 15.9 Å². The minimum atomic E-state index is -0.457. The summed E-state index contributed by atoms with van der Waals surface area (Å²) in [4.78, 5) is 0. The van der Waals surface area contributed by atoms with Gasteiger partial charge in [0.2, 0.25) is 0 Å². The summed E-state index contributed by atoms with van der Waals surface area (Å²) in [6.45, 7) is 4.01. The van der Waals surface area contributed by atoms with Gasteiger partial charge in [0.05, 0.1) is 29.1 Å². The zero-order valence-corrected chi connectivity index (χ0v) is 12.3. The van der Waals surface area contributed by atoms with Gasteiger partial charge < -0.3 is 10.2 Å². The normalized spacial score (nSPS) is 12.1. The second-order valence-corrected chi connectivity index (χ2v) is 5.32. The average Bonchev–Trinajstić information content (AvgIpc) is 2.62. The van der Waals surface area contributed by atoms with Crippen molar-refractivity contribution in [2.75, 3.05) is 13.2 Å². The van der Waals surface area contributed by atoms with Crippen molar-refractivity contribution in [2.45, 2.75) is 33.1 Å². The van der Waals surface area contributed by atoms with Gasteiger partial charge >= 0.3 is 0 Å². The van der Waals surface area contributed by atoms with E-state index >= 15 is 0 Å². The molecule has 1 rings (SSSR count). The second-order valence-electron chi connectivity index (χ2n) is 4.53. The molecule has 0 bridgehead atoms. The average molecular weight is 305 g/mol. The molecule has 17 heavy (non-hydrogen) atoms. The molecule has 0 aliphatic carbocycles. The molecule has 0 aliphatic heterocycles. The van der Waals surface area contributed by atoms with Crippen LogP contribution in [0.15, 0.2) is 4.47 Å². The lowest BCUT2D eigenvalue weighted by atomic mass is 9.82. The molecule has 0 aliphatic rings. The minimum absolute atomic E-state index is 0.0148. The Morgan fingerprint density at radius 3 is 2.24 bits per heavy atom. The molecule has 0 aromatic carbocycles. The van der Waals surface area contributed by atoms with Gasteiger partial charge in [-0.25, -0.2) is 0 Å². The summed E-state index contributed by atoms with van der Waals surface area (Å²) >= 11 is 3.56. The standard InChI is InChI=1S/C12H21BrN2O2/c1-4-9-11(13)10(15(3)14-9)6-12(5-2,7-16)8-17/h16-17H,4-8H2,1-3H3. The van der Waals surface area contributed by atoms with Gasteiger partial charge in [0, 0.05) is 18.9 Å². The van der Waals surface area contributed by atoms with Crippen LogP contribution in [0.25, 0.3) is 0 Å². The summed E-state index contributed by atoms with van der Waals surface area (Å²) in [7, 11) is 1.90. The number of halogens is 1. The van der Waals surface area contributed by atoms with E-state index < -0.39 is 5.41 Å². The number of aliphatic hydroxyl groups is 2. The van der Waals surface area contributed by atoms with Crippen molar-refractivity contribution in [2.24, 2.45) is 12.5 Å². The number of aliphatic hydroxyl groups excluding tert-OH is 2. The molecule has 0 amide bonds. The van der Waals surface area contributed by atoms with Crippen LogP contribution in [0.3, 0.4) is 0 Å². The number of aromatic nitrogens is 2. The predicted octanol–water partition coefficient (Wildman–Crippen LogP) is 1.67. The lowest BCUT2D eigenvalue weighted by molar-refractivity contribution is 0.0497.